The molecular formula is C14H21N3O3S. The lowest BCUT2D eigenvalue weighted by Gasteiger charge is -2.38. The summed E-state index contributed by atoms with van der Waals surface area (Å²) in [7, 11) is 0. The second kappa shape index (κ2) is 6.55. The first-order chi connectivity index (χ1) is 9.92. The van der Waals surface area contributed by atoms with Gasteiger partial charge in [0.05, 0.1) is 12.6 Å². The molecule has 1 unspecified atom stereocenters. The van der Waals surface area contributed by atoms with Crippen molar-refractivity contribution >= 4 is 23.2 Å². The number of nitrogens with two attached hydrogens (primary N) is 1. The molecule has 1 atom stereocenters. The van der Waals surface area contributed by atoms with Crippen LogP contribution in [0.25, 0.3) is 0 Å². The molecule has 0 spiro atoms. The summed E-state index contributed by atoms with van der Waals surface area (Å²) in [5.41, 5.74) is 3.77. The predicted octanol–water partition coefficient (Wildman–Crippen LogP) is 0.0650. The Morgan fingerprint density at radius 1 is 1.52 bits per heavy atom. The minimum absolute atomic E-state index is 0.0482. The summed E-state index contributed by atoms with van der Waals surface area (Å²) in [6.45, 7) is 3.32. The summed E-state index contributed by atoms with van der Waals surface area (Å²) in [6, 6.07) is 3.64. The van der Waals surface area contributed by atoms with Crippen molar-refractivity contribution in [3.63, 3.8) is 0 Å². The molecule has 2 heterocycles. The van der Waals surface area contributed by atoms with Gasteiger partial charge in [-0.25, -0.2) is 0 Å². The Morgan fingerprint density at radius 2 is 2.19 bits per heavy atom. The molecule has 0 aromatic carbocycles. The highest BCUT2D eigenvalue weighted by molar-refractivity contribution is 7.09. The average Bonchev–Trinajstić information content (AvgIpc) is 2.98. The van der Waals surface area contributed by atoms with Crippen LogP contribution in [0, 0.1) is 0 Å². The molecule has 0 aliphatic carbocycles. The van der Waals surface area contributed by atoms with Crippen LogP contribution in [-0.2, 0) is 16.1 Å². The van der Waals surface area contributed by atoms with Crippen LogP contribution in [0.5, 0.6) is 0 Å². The lowest BCUT2D eigenvalue weighted by Crippen LogP contribution is -2.56. The molecule has 6 nitrogen and oxygen atoms in total. The molecule has 0 radical (unpaired) electrons. The summed E-state index contributed by atoms with van der Waals surface area (Å²) >= 11 is 1.60. The van der Waals surface area contributed by atoms with Crippen molar-refractivity contribution in [1.29, 1.82) is 0 Å². The maximum atomic E-state index is 12.1. The maximum absolute atomic E-state index is 12.1. The number of nitrogens with one attached hydrogen (secondary N) is 1. The van der Waals surface area contributed by atoms with Crippen LogP contribution in [0.4, 0.5) is 0 Å². The summed E-state index contributed by atoms with van der Waals surface area (Å²) in [6.07, 6.45) is 0.537. The Morgan fingerprint density at radius 3 is 2.71 bits per heavy atom. The highest BCUT2D eigenvalue weighted by Crippen LogP contribution is 2.23. The summed E-state index contributed by atoms with van der Waals surface area (Å²) in [5.74, 6) is -0.732. The third-order valence-corrected chi connectivity index (χ3v) is 4.90. The number of aliphatic hydroxyl groups is 1. The molecule has 1 aliphatic heterocycles. The number of amides is 2. The second-order valence-electron chi connectivity index (χ2n) is 5.40. The van der Waals surface area contributed by atoms with Gasteiger partial charge in [0, 0.05) is 18.0 Å². The topological polar surface area (TPSA) is 95.7 Å². The van der Waals surface area contributed by atoms with Gasteiger partial charge < -0.3 is 16.2 Å². The molecular weight excluding hydrogens is 290 g/mol. The molecule has 1 aromatic rings. The van der Waals surface area contributed by atoms with Crippen LogP contribution in [0.15, 0.2) is 17.5 Å². The summed E-state index contributed by atoms with van der Waals surface area (Å²) in [5, 5.41) is 14.9. The molecule has 21 heavy (non-hydrogen) atoms. The first kappa shape index (κ1) is 15.9. The van der Waals surface area contributed by atoms with Gasteiger partial charge in [0.1, 0.15) is 5.60 Å². The van der Waals surface area contributed by atoms with Crippen LogP contribution in [0.1, 0.15) is 24.6 Å². The van der Waals surface area contributed by atoms with Crippen molar-refractivity contribution in [3.05, 3.63) is 22.4 Å². The van der Waals surface area contributed by atoms with Crippen LogP contribution in [-0.4, -0.2) is 46.6 Å². The SMILES string of the molecule is CC(C(=O)NCc1cccs1)N1CCC(O)(C(N)=O)CC1. The fourth-order valence-electron chi connectivity index (χ4n) is 2.43. The average molecular weight is 311 g/mol. The van der Waals surface area contributed by atoms with Gasteiger partial charge in [0.25, 0.3) is 0 Å². The van der Waals surface area contributed by atoms with Gasteiger partial charge in [-0.05, 0) is 31.2 Å². The maximum Gasteiger partial charge on any atom is 0.249 e. The number of hydrogen-bond acceptors (Lipinski definition) is 5. The molecule has 2 amide bonds. The second-order valence-corrected chi connectivity index (χ2v) is 6.44. The number of carbonyl (C=O) groups excluding carboxylic acids is 2. The Bertz CT molecular complexity index is 496. The fraction of sp³-hybridized carbons (Fsp3) is 0.571. The van der Waals surface area contributed by atoms with E-state index in [0.717, 1.165) is 4.88 Å². The van der Waals surface area contributed by atoms with Gasteiger partial charge in [-0.1, -0.05) is 6.07 Å². The number of thiophene rings is 1. The lowest BCUT2D eigenvalue weighted by molar-refractivity contribution is -0.142. The number of rotatable bonds is 5. The number of nitrogens with zero attached hydrogens (tertiary/aromatic N) is 1. The van der Waals surface area contributed by atoms with Gasteiger partial charge in [-0.2, -0.15) is 0 Å². The molecule has 2 rings (SSSR count). The monoisotopic (exact) mass is 311 g/mol. The zero-order chi connectivity index (χ0) is 15.5. The molecule has 4 N–H and O–H groups in total. The van der Waals surface area contributed by atoms with E-state index in [4.69, 9.17) is 5.73 Å². The first-order valence-electron chi connectivity index (χ1n) is 6.99. The van der Waals surface area contributed by atoms with E-state index in [9.17, 15) is 14.7 Å². The van der Waals surface area contributed by atoms with Crippen molar-refractivity contribution in [1.82, 2.24) is 10.2 Å². The van der Waals surface area contributed by atoms with Crippen LogP contribution in [0.2, 0.25) is 0 Å². The van der Waals surface area contributed by atoms with Crippen molar-refractivity contribution < 1.29 is 14.7 Å². The first-order valence-corrected chi connectivity index (χ1v) is 7.87. The van der Waals surface area contributed by atoms with E-state index in [1.165, 1.54) is 0 Å². The number of piperidine rings is 1. The van der Waals surface area contributed by atoms with Crippen LogP contribution in [0.3, 0.4) is 0 Å². The van der Waals surface area contributed by atoms with Crippen LogP contribution >= 0.6 is 11.3 Å². The fourth-order valence-corrected chi connectivity index (χ4v) is 3.07. The molecule has 7 heteroatoms. The normalized spacial score (nSPS) is 19.9. The standard InChI is InChI=1S/C14H21N3O3S/c1-10(12(18)16-9-11-3-2-8-21-11)17-6-4-14(20,5-7-17)13(15)19/h2-3,8,10,20H,4-7,9H2,1H3,(H2,15,19)(H,16,18). The number of primary amides is 1. The smallest absolute Gasteiger partial charge is 0.249 e. The van der Waals surface area contributed by atoms with Gasteiger partial charge in [0.15, 0.2) is 0 Å². The molecule has 0 bridgehead atoms. The lowest BCUT2D eigenvalue weighted by atomic mass is 9.90. The molecule has 116 valence electrons. The molecule has 1 aliphatic rings. The minimum atomic E-state index is -1.43. The van der Waals surface area contributed by atoms with E-state index >= 15 is 0 Å². The Hall–Kier alpha value is -1.44. The molecule has 0 saturated carbocycles. The van der Waals surface area contributed by atoms with Gasteiger partial charge >= 0.3 is 0 Å². The molecule has 1 aromatic heterocycles. The van der Waals surface area contributed by atoms with Gasteiger partial charge in [-0.15, -0.1) is 11.3 Å². The summed E-state index contributed by atoms with van der Waals surface area (Å²) in [4.78, 5) is 26.4. The van der Waals surface area contributed by atoms with Crippen molar-refractivity contribution in [2.75, 3.05) is 13.1 Å². The van der Waals surface area contributed by atoms with Gasteiger partial charge in [-0.3, -0.25) is 14.5 Å². The summed E-state index contributed by atoms with van der Waals surface area (Å²) < 4.78 is 0. The van der Waals surface area contributed by atoms with Gasteiger partial charge in [0.2, 0.25) is 11.8 Å². The zero-order valence-corrected chi connectivity index (χ0v) is 12.9. The molecule has 1 fully saturated rings. The van der Waals surface area contributed by atoms with E-state index in [1.807, 2.05) is 29.3 Å². The minimum Gasteiger partial charge on any atom is -0.380 e. The number of likely N-dealkylation sites (tertiary alicyclic amines) is 1. The van der Waals surface area contributed by atoms with E-state index < -0.39 is 11.5 Å². The van der Waals surface area contributed by atoms with Crippen molar-refractivity contribution in [3.8, 4) is 0 Å². The number of carbonyl (C=O) groups is 2. The Kier molecular flexibility index (Phi) is 4.97. The quantitative estimate of drug-likeness (QED) is 0.717. The predicted molar refractivity (Wildman–Crippen MR) is 80.6 cm³/mol. The van der Waals surface area contributed by atoms with E-state index in [2.05, 4.69) is 5.32 Å². The highest BCUT2D eigenvalue weighted by atomic mass is 32.1. The van der Waals surface area contributed by atoms with E-state index in [1.54, 1.807) is 11.3 Å². The number of hydrogen-bond donors (Lipinski definition) is 3. The van der Waals surface area contributed by atoms with Crippen molar-refractivity contribution in [2.45, 2.75) is 38.0 Å². The zero-order valence-electron chi connectivity index (χ0n) is 12.0. The highest BCUT2D eigenvalue weighted by Gasteiger charge is 2.39. The van der Waals surface area contributed by atoms with E-state index in [-0.39, 0.29) is 24.8 Å². The molecule has 1 saturated heterocycles. The van der Waals surface area contributed by atoms with E-state index in [0.29, 0.717) is 19.6 Å². The van der Waals surface area contributed by atoms with Crippen LogP contribution < -0.4 is 11.1 Å². The third kappa shape index (κ3) is 3.81. The third-order valence-electron chi connectivity index (χ3n) is 4.03. The largest absolute Gasteiger partial charge is 0.380 e. The Balaban J connectivity index is 1.82. The van der Waals surface area contributed by atoms with Crippen molar-refractivity contribution in [2.24, 2.45) is 5.73 Å². The Labute approximate surface area is 127 Å².